The summed E-state index contributed by atoms with van der Waals surface area (Å²) < 4.78 is 0. The van der Waals surface area contributed by atoms with Crippen LogP contribution in [0, 0.1) is 0 Å². The molecule has 278 valence electrons. The Hall–Kier alpha value is -7.42. The van der Waals surface area contributed by atoms with Crippen molar-refractivity contribution in [2.75, 3.05) is 0 Å². The summed E-state index contributed by atoms with van der Waals surface area (Å²) in [5, 5.41) is 4.97. The minimum absolute atomic E-state index is 0.162. The molecule has 0 unspecified atom stereocenters. The molecular formula is C57H40N2. The van der Waals surface area contributed by atoms with Crippen molar-refractivity contribution in [1.82, 2.24) is 9.97 Å². The molecule has 9 aromatic carbocycles. The third kappa shape index (κ3) is 5.87. The third-order valence-electron chi connectivity index (χ3n) is 12.2. The predicted molar refractivity (Wildman–Crippen MR) is 247 cm³/mol. The zero-order chi connectivity index (χ0) is 39.5. The minimum atomic E-state index is -0.162. The number of benzene rings is 9. The Kier molecular flexibility index (Phi) is 8.20. The summed E-state index contributed by atoms with van der Waals surface area (Å²) >= 11 is 0. The molecule has 11 rings (SSSR count). The topological polar surface area (TPSA) is 25.8 Å². The zero-order valence-electron chi connectivity index (χ0n) is 33.0. The predicted octanol–water partition coefficient (Wildman–Crippen LogP) is 15.1. The van der Waals surface area contributed by atoms with Crippen molar-refractivity contribution in [3.05, 3.63) is 217 Å². The molecular weight excluding hydrogens is 713 g/mol. The van der Waals surface area contributed by atoms with Crippen molar-refractivity contribution >= 4 is 21.5 Å². The van der Waals surface area contributed by atoms with Gasteiger partial charge in [-0.2, -0.15) is 0 Å². The molecule has 1 aliphatic rings. The Bertz CT molecular complexity index is 3230. The molecule has 0 fully saturated rings. The highest BCUT2D eigenvalue weighted by atomic mass is 14.9. The average Bonchev–Trinajstić information content (AvgIpc) is 3.55. The molecule has 10 aromatic rings. The van der Waals surface area contributed by atoms with E-state index in [9.17, 15) is 0 Å². The van der Waals surface area contributed by atoms with Gasteiger partial charge in [0, 0.05) is 22.1 Å². The maximum absolute atomic E-state index is 5.26. The van der Waals surface area contributed by atoms with E-state index in [1.807, 2.05) is 18.2 Å². The highest BCUT2D eigenvalue weighted by molar-refractivity contribution is 6.05. The van der Waals surface area contributed by atoms with Gasteiger partial charge in [-0.3, -0.25) is 0 Å². The summed E-state index contributed by atoms with van der Waals surface area (Å²) in [6.07, 6.45) is 0. The minimum Gasteiger partial charge on any atom is -0.228 e. The van der Waals surface area contributed by atoms with Crippen LogP contribution in [-0.4, -0.2) is 9.97 Å². The number of fused-ring (bicyclic) bond motifs is 6. The van der Waals surface area contributed by atoms with Crippen LogP contribution in [0.5, 0.6) is 0 Å². The first-order chi connectivity index (χ1) is 29.0. The molecule has 0 saturated carbocycles. The van der Waals surface area contributed by atoms with Gasteiger partial charge in [-0.25, -0.2) is 9.97 Å². The highest BCUT2D eigenvalue weighted by Crippen LogP contribution is 2.54. The van der Waals surface area contributed by atoms with Crippen LogP contribution in [0.1, 0.15) is 25.0 Å². The van der Waals surface area contributed by atoms with Crippen LogP contribution in [0.15, 0.2) is 206 Å². The average molecular weight is 753 g/mol. The lowest BCUT2D eigenvalue weighted by atomic mass is 9.77. The monoisotopic (exact) mass is 752 g/mol. The molecule has 1 aliphatic carbocycles. The van der Waals surface area contributed by atoms with Gasteiger partial charge >= 0.3 is 0 Å². The van der Waals surface area contributed by atoms with E-state index in [1.165, 1.54) is 66.2 Å². The molecule has 0 atom stereocenters. The standard InChI is InChI=1S/C57H40N2/c1-57(2)54-45-25-10-9-18-38(45)30-31-51(54)50-29-15-28-46(55(50)57)42-23-14-22-41(35-42)44-32-33-49(48-27-12-11-26-47(44)48)53-36-52(58-56(59-53)39-19-7-4-8-20-39)43-24-13-21-40(34-43)37-16-5-3-6-17-37/h3-36H,1-2H3. The van der Waals surface area contributed by atoms with Gasteiger partial charge < -0.3 is 0 Å². The number of aromatic nitrogens is 2. The van der Waals surface area contributed by atoms with Crippen LogP contribution >= 0.6 is 0 Å². The van der Waals surface area contributed by atoms with E-state index >= 15 is 0 Å². The Balaban J connectivity index is 1.03. The van der Waals surface area contributed by atoms with Gasteiger partial charge in [0.05, 0.1) is 11.4 Å². The molecule has 1 heterocycles. The summed E-state index contributed by atoms with van der Waals surface area (Å²) in [4.78, 5) is 10.4. The number of rotatable bonds is 6. The van der Waals surface area contributed by atoms with Gasteiger partial charge in [-0.1, -0.05) is 202 Å². The molecule has 0 saturated heterocycles. The number of nitrogens with zero attached hydrogens (tertiary/aromatic N) is 2. The van der Waals surface area contributed by atoms with Crippen molar-refractivity contribution in [3.63, 3.8) is 0 Å². The molecule has 1 aromatic heterocycles. The van der Waals surface area contributed by atoms with E-state index in [-0.39, 0.29) is 5.41 Å². The molecule has 2 nitrogen and oxygen atoms in total. The molecule has 0 N–H and O–H groups in total. The van der Waals surface area contributed by atoms with Crippen molar-refractivity contribution in [2.45, 2.75) is 19.3 Å². The molecule has 59 heavy (non-hydrogen) atoms. The zero-order valence-corrected chi connectivity index (χ0v) is 33.0. The van der Waals surface area contributed by atoms with Gasteiger partial charge in [-0.05, 0) is 95.4 Å². The van der Waals surface area contributed by atoms with E-state index in [1.54, 1.807) is 0 Å². The van der Waals surface area contributed by atoms with Crippen molar-refractivity contribution < 1.29 is 0 Å². The van der Waals surface area contributed by atoms with Gasteiger partial charge in [0.15, 0.2) is 5.82 Å². The summed E-state index contributed by atoms with van der Waals surface area (Å²) in [7, 11) is 0. The lowest BCUT2D eigenvalue weighted by Crippen LogP contribution is -2.16. The van der Waals surface area contributed by atoms with Gasteiger partial charge in [-0.15, -0.1) is 0 Å². The largest absolute Gasteiger partial charge is 0.228 e. The van der Waals surface area contributed by atoms with E-state index < -0.39 is 0 Å². The first-order valence-electron chi connectivity index (χ1n) is 20.4. The van der Waals surface area contributed by atoms with Crippen LogP contribution < -0.4 is 0 Å². The van der Waals surface area contributed by atoms with Crippen LogP contribution in [-0.2, 0) is 5.41 Å². The second-order valence-electron chi connectivity index (χ2n) is 16.1. The van der Waals surface area contributed by atoms with Gasteiger partial charge in [0.25, 0.3) is 0 Å². The summed E-state index contributed by atoms with van der Waals surface area (Å²) in [5.74, 6) is 0.706. The van der Waals surface area contributed by atoms with E-state index in [2.05, 4.69) is 202 Å². The summed E-state index contributed by atoms with van der Waals surface area (Å²) in [6.45, 7) is 4.79. The van der Waals surface area contributed by atoms with Crippen molar-refractivity contribution in [2.24, 2.45) is 0 Å². The lowest BCUT2D eigenvalue weighted by Gasteiger charge is -2.26. The van der Waals surface area contributed by atoms with Crippen LogP contribution in [0.3, 0.4) is 0 Å². The summed E-state index contributed by atoms with van der Waals surface area (Å²) in [6, 6.07) is 74.2. The smallest absolute Gasteiger partial charge is 0.160 e. The molecule has 0 spiro atoms. The molecule has 0 amide bonds. The second kappa shape index (κ2) is 13.9. The van der Waals surface area contributed by atoms with Crippen LogP contribution in [0.4, 0.5) is 0 Å². The first-order valence-corrected chi connectivity index (χ1v) is 20.4. The summed E-state index contributed by atoms with van der Waals surface area (Å²) in [5.41, 5.74) is 17.5. The normalized spacial score (nSPS) is 12.7. The molecule has 0 bridgehead atoms. The fraction of sp³-hybridized carbons (Fsp3) is 0.0526. The van der Waals surface area contributed by atoms with Gasteiger partial charge in [0.2, 0.25) is 0 Å². The van der Waals surface area contributed by atoms with Gasteiger partial charge in [0.1, 0.15) is 0 Å². The Morgan fingerprint density at radius 3 is 1.59 bits per heavy atom. The number of hydrogen-bond donors (Lipinski definition) is 0. The Labute approximate surface area is 345 Å². The Morgan fingerprint density at radius 2 is 0.814 bits per heavy atom. The van der Waals surface area contributed by atoms with Crippen molar-refractivity contribution in [3.8, 4) is 78.4 Å². The maximum atomic E-state index is 5.26. The van der Waals surface area contributed by atoms with E-state index in [0.717, 1.165) is 39.0 Å². The maximum Gasteiger partial charge on any atom is 0.160 e. The van der Waals surface area contributed by atoms with E-state index in [0.29, 0.717) is 5.82 Å². The quantitative estimate of drug-likeness (QED) is 0.169. The lowest BCUT2D eigenvalue weighted by molar-refractivity contribution is 0.668. The molecule has 0 aliphatic heterocycles. The molecule has 0 radical (unpaired) electrons. The second-order valence-corrected chi connectivity index (χ2v) is 16.1. The number of hydrogen-bond acceptors (Lipinski definition) is 2. The SMILES string of the molecule is CC1(C)c2c(-c3cccc(-c4ccc(-c5cc(-c6cccc(-c7ccccc7)c6)nc(-c6ccccc6)n5)c5ccccc45)c3)cccc2-c2ccc3ccccc3c21. The Morgan fingerprint density at radius 1 is 0.305 bits per heavy atom. The highest BCUT2D eigenvalue weighted by Gasteiger charge is 2.38. The molecule has 2 heteroatoms. The fourth-order valence-corrected chi connectivity index (χ4v) is 9.55. The fourth-order valence-electron chi connectivity index (χ4n) is 9.55. The van der Waals surface area contributed by atoms with Crippen molar-refractivity contribution in [1.29, 1.82) is 0 Å². The third-order valence-corrected chi connectivity index (χ3v) is 12.2. The first kappa shape index (κ1) is 34.8. The van der Waals surface area contributed by atoms with E-state index in [4.69, 9.17) is 9.97 Å². The van der Waals surface area contributed by atoms with Crippen LogP contribution in [0.25, 0.3) is 100.0 Å². The van der Waals surface area contributed by atoms with Crippen LogP contribution in [0.2, 0.25) is 0 Å².